The molecule has 2 aliphatic heterocycles. The van der Waals surface area contributed by atoms with Crippen LogP contribution in [0.4, 0.5) is 0 Å². The third kappa shape index (κ3) is 4.55. The number of amides is 2. The zero-order chi connectivity index (χ0) is 17.6. The highest BCUT2D eigenvalue weighted by Gasteiger charge is 2.28. The predicted octanol–water partition coefficient (Wildman–Crippen LogP) is 2.29. The number of hydrogen-bond acceptors (Lipinski definition) is 4. The van der Waals surface area contributed by atoms with Crippen molar-refractivity contribution in [1.29, 1.82) is 0 Å². The Kier molecular flexibility index (Phi) is 6.00. The van der Waals surface area contributed by atoms with Crippen LogP contribution in [0.25, 0.3) is 0 Å². The van der Waals surface area contributed by atoms with Gasteiger partial charge in [0.15, 0.2) is 0 Å². The zero-order valence-corrected chi connectivity index (χ0v) is 15.1. The highest BCUT2D eigenvalue weighted by atomic mass is 16.2. The first kappa shape index (κ1) is 17.8. The molecule has 0 saturated carbocycles. The number of carbonyl (C=O) groups excluding carboxylic acids is 2. The quantitative estimate of drug-likeness (QED) is 0.844. The molecular formula is C19H28N4O2. The molecule has 6 nitrogen and oxygen atoms in total. The Hall–Kier alpha value is -1.98. The molecule has 6 heteroatoms. The topological polar surface area (TPSA) is 66.4 Å². The highest BCUT2D eigenvalue weighted by molar-refractivity contribution is 5.93. The van der Waals surface area contributed by atoms with Gasteiger partial charge in [0.1, 0.15) is 5.69 Å². The third-order valence-electron chi connectivity index (χ3n) is 5.33. The minimum absolute atomic E-state index is 0.0198. The van der Waals surface area contributed by atoms with Crippen LogP contribution in [0.15, 0.2) is 12.4 Å². The fourth-order valence-electron chi connectivity index (χ4n) is 3.85. The number of aromatic nitrogens is 2. The summed E-state index contributed by atoms with van der Waals surface area (Å²) in [4.78, 5) is 37.2. The van der Waals surface area contributed by atoms with Crippen LogP contribution in [-0.4, -0.2) is 57.8 Å². The van der Waals surface area contributed by atoms with Crippen LogP contribution in [0, 0.1) is 5.92 Å². The van der Waals surface area contributed by atoms with E-state index in [0.29, 0.717) is 18.0 Å². The molecule has 1 aromatic rings. The summed E-state index contributed by atoms with van der Waals surface area (Å²) in [6, 6.07) is 0. The normalized spacial score (nSPS) is 21.7. The Morgan fingerprint density at radius 2 is 1.68 bits per heavy atom. The van der Waals surface area contributed by atoms with Gasteiger partial charge in [0, 0.05) is 45.5 Å². The maximum absolute atomic E-state index is 13.0. The van der Waals surface area contributed by atoms with Gasteiger partial charge in [-0.3, -0.25) is 14.6 Å². The predicted molar refractivity (Wildman–Crippen MR) is 95.1 cm³/mol. The first-order valence-electron chi connectivity index (χ1n) is 9.50. The number of nitrogens with zero attached hydrogens (tertiary/aromatic N) is 4. The molecule has 25 heavy (non-hydrogen) atoms. The van der Waals surface area contributed by atoms with E-state index in [1.54, 1.807) is 19.3 Å². The SMILES string of the molecule is CC(=O)N1CC[C@H](Cc2nccnc2C(=O)N2CCCCCCC2)C1. The van der Waals surface area contributed by atoms with Crippen molar-refractivity contribution >= 4 is 11.8 Å². The minimum Gasteiger partial charge on any atom is -0.343 e. The molecular weight excluding hydrogens is 316 g/mol. The number of likely N-dealkylation sites (tertiary alicyclic amines) is 2. The maximum Gasteiger partial charge on any atom is 0.274 e. The van der Waals surface area contributed by atoms with Gasteiger partial charge in [-0.2, -0.15) is 0 Å². The summed E-state index contributed by atoms with van der Waals surface area (Å²) in [5, 5.41) is 0. The van der Waals surface area contributed by atoms with E-state index in [1.165, 1.54) is 19.3 Å². The molecule has 2 fully saturated rings. The molecule has 0 spiro atoms. The van der Waals surface area contributed by atoms with Crippen molar-refractivity contribution in [2.75, 3.05) is 26.2 Å². The number of carbonyl (C=O) groups is 2. The monoisotopic (exact) mass is 344 g/mol. The smallest absolute Gasteiger partial charge is 0.274 e. The standard InChI is InChI=1S/C19H28N4O2/c1-15(24)23-12-7-16(14-23)13-17-18(21-9-8-20-17)19(25)22-10-5-3-2-4-6-11-22/h8-9,16H,2-7,10-14H2,1H3/t16-/m1/s1. The summed E-state index contributed by atoms with van der Waals surface area (Å²) in [7, 11) is 0. The molecule has 0 radical (unpaired) electrons. The summed E-state index contributed by atoms with van der Waals surface area (Å²) in [5.41, 5.74) is 1.29. The molecule has 0 aliphatic carbocycles. The lowest BCUT2D eigenvalue weighted by molar-refractivity contribution is -0.127. The zero-order valence-electron chi connectivity index (χ0n) is 15.1. The summed E-state index contributed by atoms with van der Waals surface area (Å²) in [6.45, 7) is 4.80. The second-order valence-electron chi connectivity index (χ2n) is 7.24. The fraction of sp³-hybridized carbons (Fsp3) is 0.684. The molecule has 2 amide bonds. The average molecular weight is 344 g/mol. The minimum atomic E-state index is 0.0198. The third-order valence-corrected chi connectivity index (χ3v) is 5.33. The maximum atomic E-state index is 13.0. The lowest BCUT2D eigenvalue weighted by Gasteiger charge is -2.25. The second-order valence-corrected chi connectivity index (χ2v) is 7.24. The average Bonchev–Trinajstić information content (AvgIpc) is 3.03. The number of rotatable bonds is 3. The summed E-state index contributed by atoms with van der Waals surface area (Å²) in [6.07, 6.45) is 10.7. The van der Waals surface area contributed by atoms with Crippen molar-refractivity contribution in [2.45, 2.75) is 51.9 Å². The van der Waals surface area contributed by atoms with Gasteiger partial charge in [-0.15, -0.1) is 0 Å². The van der Waals surface area contributed by atoms with Crippen LogP contribution in [0.5, 0.6) is 0 Å². The first-order chi connectivity index (χ1) is 12.1. The summed E-state index contributed by atoms with van der Waals surface area (Å²) in [5.74, 6) is 0.504. The van der Waals surface area contributed by atoms with Crippen LogP contribution in [0.1, 0.15) is 61.6 Å². The Balaban J connectivity index is 1.69. The van der Waals surface area contributed by atoms with Crippen LogP contribution in [0.2, 0.25) is 0 Å². The molecule has 0 N–H and O–H groups in total. The van der Waals surface area contributed by atoms with Crippen molar-refractivity contribution in [3.63, 3.8) is 0 Å². The molecule has 0 aromatic carbocycles. The van der Waals surface area contributed by atoms with E-state index in [2.05, 4.69) is 9.97 Å². The summed E-state index contributed by atoms with van der Waals surface area (Å²) >= 11 is 0. The van der Waals surface area contributed by atoms with Gasteiger partial charge >= 0.3 is 0 Å². The second kappa shape index (κ2) is 8.41. The molecule has 1 atom stereocenters. The van der Waals surface area contributed by atoms with Crippen LogP contribution >= 0.6 is 0 Å². The molecule has 0 bridgehead atoms. The lowest BCUT2D eigenvalue weighted by atomic mass is 10.0. The first-order valence-corrected chi connectivity index (χ1v) is 9.50. The molecule has 136 valence electrons. The Labute approximate surface area is 149 Å². The highest BCUT2D eigenvalue weighted by Crippen LogP contribution is 2.22. The van der Waals surface area contributed by atoms with Gasteiger partial charge < -0.3 is 9.80 Å². The van der Waals surface area contributed by atoms with Gasteiger partial charge in [0.05, 0.1) is 5.69 Å². The fourth-order valence-corrected chi connectivity index (χ4v) is 3.85. The van der Waals surface area contributed by atoms with Gasteiger partial charge in [-0.05, 0) is 31.6 Å². The Bertz CT molecular complexity index is 611. The lowest BCUT2D eigenvalue weighted by Crippen LogP contribution is -2.35. The number of hydrogen-bond donors (Lipinski definition) is 0. The van der Waals surface area contributed by atoms with E-state index in [-0.39, 0.29) is 11.8 Å². The van der Waals surface area contributed by atoms with E-state index >= 15 is 0 Å². The van der Waals surface area contributed by atoms with Crippen LogP contribution in [0.3, 0.4) is 0 Å². The van der Waals surface area contributed by atoms with Crippen LogP contribution < -0.4 is 0 Å². The molecule has 2 saturated heterocycles. The van der Waals surface area contributed by atoms with Crippen molar-refractivity contribution in [3.8, 4) is 0 Å². The molecule has 3 rings (SSSR count). The molecule has 3 heterocycles. The van der Waals surface area contributed by atoms with E-state index in [0.717, 1.165) is 51.1 Å². The van der Waals surface area contributed by atoms with Crippen molar-refractivity contribution < 1.29 is 9.59 Å². The summed E-state index contributed by atoms with van der Waals surface area (Å²) < 4.78 is 0. The molecule has 0 unspecified atom stereocenters. The molecule has 1 aromatic heterocycles. The van der Waals surface area contributed by atoms with E-state index < -0.39 is 0 Å². The molecule has 2 aliphatic rings. The van der Waals surface area contributed by atoms with Gasteiger partial charge in [-0.25, -0.2) is 4.98 Å². The van der Waals surface area contributed by atoms with Gasteiger partial charge in [-0.1, -0.05) is 19.3 Å². The van der Waals surface area contributed by atoms with Gasteiger partial charge in [0.2, 0.25) is 5.91 Å². The van der Waals surface area contributed by atoms with E-state index in [9.17, 15) is 9.59 Å². The van der Waals surface area contributed by atoms with E-state index in [4.69, 9.17) is 0 Å². The van der Waals surface area contributed by atoms with E-state index in [1.807, 2.05) is 9.80 Å². The Morgan fingerprint density at radius 3 is 2.36 bits per heavy atom. The van der Waals surface area contributed by atoms with Crippen LogP contribution in [-0.2, 0) is 11.2 Å². The van der Waals surface area contributed by atoms with Gasteiger partial charge in [0.25, 0.3) is 5.91 Å². The van der Waals surface area contributed by atoms with Crippen molar-refractivity contribution in [1.82, 2.24) is 19.8 Å². The largest absolute Gasteiger partial charge is 0.343 e. The Morgan fingerprint density at radius 1 is 1.00 bits per heavy atom. The van der Waals surface area contributed by atoms with Crippen molar-refractivity contribution in [3.05, 3.63) is 23.8 Å². The van der Waals surface area contributed by atoms with Crippen molar-refractivity contribution in [2.24, 2.45) is 5.92 Å².